The molecule has 0 aliphatic carbocycles. The lowest BCUT2D eigenvalue weighted by Gasteiger charge is -2.23. The fourth-order valence-corrected chi connectivity index (χ4v) is 5.06. The van der Waals surface area contributed by atoms with Gasteiger partial charge in [0.1, 0.15) is 0 Å². The zero-order valence-electron chi connectivity index (χ0n) is 20.5. The Labute approximate surface area is 210 Å². The molecular weight excluding hydrogens is 460 g/mol. The van der Waals surface area contributed by atoms with E-state index < -0.39 is 0 Å². The molecule has 1 saturated heterocycles. The average Bonchev–Trinajstić information content (AvgIpc) is 3.45. The first kappa shape index (κ1) is 24.9. The Kier molecular flexibility index (Phi) is 8.20. The van der Waals surface area contributed by atoms with E-state index in [1.807, 2.05) is 56.6 Å². The molecule has 2 heterocycles. The van der Waals surface area contributed by atoms with Crippen molar-refractivity contribution in [1.82, 2.24) is 19.7 Å². The monoisotopic (exact) mass is 492 g/mol. The molecule has 0 radical (unpaired) electrons. The summed E-state index contributed by atoms with van der Waals surface area (Å²) in [7, 11) is 4.09. The van der Waals surface area contributed by atoms with Crippen molar-refractivity contribution in [3.63, 3.8) is 0 Å². The number of thioether (sulfide) groups is 1. The first-order valence-electron chi connectivity index (χ1n) is 11.9. The number of rotatable bonds is 10. The van der Waals surface area contributed by atoms with E-state index in [9.17, 15) is 9.59 Å². The number of hydrogen-bond acceptors (Lipinski definition) is 6. The minimum atomic E-state index is -0.115. The number of amides is 2. The van der Waals surface area contributed by atoms with Gasteiger partial charge < -0.3 is 14.8 Å². The number of benzene rings is 2. The van der Waals surface area contributed by atoms with Crippen LogP contribution in [0.3, 0.4) is 0 Å². The lowest BCUT2D eigenvalue weighted by atomic mass is 10.2. The maximum Gasteiger partial charge on any atom is 0.234 e. The molecule has 1 aliphatic rings. The van der Waals surface area contributed by atoms with Gasteiger partial charge in [-0.1, -0.05) is 49.0 Å². The van der Waals surface area contributed by atoms with Gasteiger partial charge in [0.25, 0.3) is 0 Å². The molecule has 0 bridgehead atoms. The van der Waals surface area contributed by atoms with Crippen LogP contribution in [0.25, 0.3) is 0 Å². The molecule has 9 heteroatoms. The van der Waals surface area contributed by atoms with Crippen LogP contribution in [0.4, 0.5) is 11.4 Å². The molecule has 2 aromatic carbocycles. The Balaban J connectivity index is 1.43. The van der Waals surface area contributed by atoms with E-state index in [0.29, 0.717) is 18.7 Å². The zero-order valence-corrected chi connectivity index (χ0v) is 21.3. The van der Waals surface area contributed by atoms with Gasteiger partial charge in [-0.25, -0.2) is 0 Å². The van der Waals surface area contributed by atoms with E-state index in [1.165, 1.54) is 11.8 Å². The van der Waals surface area contributed by atoms with Gasteiger partial charge in [-0.3, -0.25) is 14.5 Å². The summed E-state index contributed by atoms with van der Waals surface area (Å²) in [5.41, 5.74) is 2.73. The van der Waals surface area contributed by atoms with Crippen LogP contribution in [0.2, 0.25) is 0 Å². The van der Waals surface area contributed by atoms with Gasteiger partial charge in [0.05, 0.1) is 18.3 Å². The highest BCUT2D eigenvalue weighted by atomic mass is 32.2. The third kappa shape index (κ3) is 6.10. The van der Waals surface area contributed by atoms with Crippen molar-refractivity contribution in [2.75, 3.05) is 36.6 Å². The number of carbonyl (C=O) groups excluding carboxylic acids is 2. The number of carbonyl (C=O) groups is 2. The Morgan fingerprint density at radius 3 is 2.49 bits per heavy atom. The summed E-state index contributed by atoms with van der Waals surface area (Å²) in [4.78, 5) is 28.6. The molecule has 184 valence electrons. The standard InChI is InChI=1S/C26H32N6O2S/c1-4-22(30(2)3)25-28-29-26(32(25)17-19-9-6-5-7-10-19)35-18-23(33)27-20-12-14-21(15-13-20)31-16-8-11-24(31)34/h5-7,9-10,12-15,22H,4,8,11,16-18H2,1-3H3,(H,27,33). The first-order valence-corrected chi connectivity index (χ1v) is 12.9. The van der Waals surface area contributed by atoms with Gasteiger partial charge >= 0.3 is 0 Å². The summed E-state index contributed by atoms with van der Waals surface area (Å²) in [6.45, 7) is 3.53. The molecule has 3 aromatic rings. The van der Waals surface area contributed by atoms with Gasteiger partial charge in [-0.15, -0.1) is 10.2 Å². The van der Waals surface area contributed by atoms with Gasteiger partial charge in [0.2, 0.25) is 11.8 Å². The SMILES string of the molecule is CCC(c1nnc(SCC(=O)Nc2ccc(N3CCCC3=O)cc2)n1Cc1ccccc1)N(C)C. The van der Waals surface area contributed by atoms with Gasteiger partial charge in [-0.05, 0) is 56.8 Å². The Bertz CT molecular complexity index is 1150. The lowest BCUT2D eigenvalue weighted by Crippen LogP contribution is -2.23. The second-order valence-electron chi connectivity index (χ2n) is 8.83. The van der Waals surface area contributed by atoms with Crippen molar-refractivity contribution in [2.45, 2.75) is 43.9 Å². The van der Waals surface area contributed by atoms with E-state index in [-0.39, 0.29) is 23.6 Å². The molecule has 0 spiro atoms. The molecule has 8 nitrogen and oxygen atoms in total. The third-order valence-electron chi connectivity index (χ3n) is 6.11. The summed E-state index contributed by atoms with van der Waals surface area (Å²) >= 11 is 1.38. The zero-order chi connectivity index (χ0) is 24.8. The predicted molar refractivity (Wildman–Crippen MR) is 140 cm³/mol. The second-order valence-corrected chi connectivity index (χ2v) is 9.78. The molecule has 1 N–H and O–H groups in total. The van der Waals surface area contributed by atoms with Crippen molar-refractivity contribution in [2.24, 2.45) is 0 Å². The van der Waals surface area contributed by atoms with Crippen LogP contribution >= 0.6 is 11.8 Å². The Morgan fingerprint density at radius 1 is 1.11 bits per heavy atom. The molecule has 1 aromatic heterocycles. The van der Waals surface area contributed by atoms with E-state index in [2.05, 4.69) is 44.0 Å². The van der Waals surface area contributed by atoms with E-state index >= 15 is 0 Å². The van der Waals surface area contributed by atoms with Gasteiger partial charge in [0, 0.05) is 24.3 Å². The van der Waals surface area contributed by atoms with Crippen molar-refractivity contribution in [1.29, 1.82) is 0 Å². The molecule has 35 heavy (non-hydrogen) atoms. The van der Waals surface area contributed by atoms with Crippen molar-refractivity contribution in [3.8, 4) is 0 Å². The van der Waals surface area contributed by atoms with Crippen LogP contribution in [0.1, 0.15) is 43.6 Å². The maximum absolute atomic E-state index is 12.7. The second kappa shape index (κ2) is 11.5. The third-order valence-corrected chi connectivity index (χ3v) is 7.07. The summed E-state index contributed by atoms with van der Waals surface area (Å²) in [5, 5.41) is 12.6. The molecule has 2 amide bonds. The van der Waals surface area contributed by atoms with Crippen molar-refractivity contribution >= 4 is 35.0 Å². The molecule has 0 saturated carbocycles. The lowest BCUT2D eigenvalue weighted by molar-refractivity contribution is -0.117. The van der Waals surface area contributed by atoms with Crippen LogP contribution in [-0.4, -0.2) is 57.9 Å². The quantitative estimate of drug-likeness (QED) is 0.427. The largest absolute Gasteiger partial charge is 0.325 e. The summed E-state index contributed by atoms with van der Waals surface area (Å²) in [6, 6.07) is 17.8. The number of nitrogens with one attached hydrogen (secondary N) is 1. The average molecular weight is 493 g/mol. The predicted octanol–water partition coefficient (Wildman–Crippen LogP) is 4.20. The highest BCUT2D eigenvalue weighted by Crippen LogP contribution is 2.27. The van der Waals surface area contributed by atoms with Crippen molar-refractivity contribution in [3.05, 3.63) is 66.0 Å². The Hall–Kier alpha value is -3.17. The summed E-state index contributed by atoms with van der Waals surface area (Å²) < 4.78 is 2.11. The summed E-state index contributed by atoms with van der Waals surface area (Å²) in [5.74, 6) is 1.15. The topological polar surface area (TPSA) is 83.4 Å². The van der Waals surface area contributed by atoms with E-state index in [0.717, 1.165) is 41.6 Å². The molecule has 1 fully saturated rings. The molecule has 1 aliphatic heterocycles. The summed E-state index contributed by atoms with van der Waals surface area (Å²) in [6.07, 6.45) is 2.39. The van der Waals surface area contributed by atoms with Gasteiger partial charge in [-0.2, -0.15) is 0 Å². The number of nitrogens with zero attached hydrogens (tertiary/aromatic N) is 5. The fourth-order valence-electron chi connectivity index (χ4n) is 4.32. The molecule has 4 rings (SSSR count). The van der Waals surface area contributed by atoms with Gasteiger partial charge in [0.15, 0.2) is 11.0 Å². The number of aromatic nitrogens is 3. The molecule has 1 unspecified atom stereocenters. The van der Waals surface area contributed by atoms with E-state index in [1.54, 1.807) is 4.90 Å². The minimum Gasteiger partial charge on any atom is -0.325 e. The van der Waals surface area contributed by atoms with Crippen LogP contribution in [0.15, 0.2) is 59.8 Å². The number of anilines is 2. The van der Waals surface area contributed by atoms with Crippen molar-refractivity contribution < 1.29 is 9.59 Å². The van der Waals surface area contributed by atoms with Crippen LogP contribution in [0, 0.1) is 0 Å². The first-order chi connectivity index (χ1) is 17.0. The van der Waals surface area contributed by atoms with Crippen LogP contribution < -0.4 is 10.2 Å². The maximum atomic E-state index is 12.7. The molecular formula is C26H32N6O2S. The fraction of sp³-hybridized carbons (Fsp3) is 0.385. The normalized spacial score (nSPS) is 14.5. The van der Waals surface area contributed by atoms with Crippen LogP contribution in [-0.2, 0) is 16.1 Å². The number of hydrogen-bond donors (Lipinski definition) is 1. The highest BCUT2D eigenvalue weighted by molar-refractivity contribution is 7.99. The minimum absolute atomic E-state index is 0.115. The highest BCUT2D eigenvalue weighted by Gasteiger charge is 2.23. The molecule has 1 atom stereocenters. The Morgan fingerprint density at radius 2 is 1.86 bits per heavy atom. The smallest absolute Gasteiger partial charge is 0.234 e. The van der Waals surface area contributed by atoms with E-state index in [4.69, 9.17) is 0 Å². The van der Waals surface area contributed by atoms with Crippen LogP contribution in [0.5, 0.6) is 0 Å².